The van der Waals surface area contributed by atoms with Crippen molar-refractivity contribution in [1.82, 2.24) is 20.4 Å². The molecule has 1 aromatic rings. The van der Waals surface area contributed by atoms with Crippen LogP contribution in [0.5, 0.6) is 0 Å². The Morgan fingerprint density at radius 1 is 1.36 bits per heavy atom. The molecular weight excluding hydrogens is 322 g/mol. The molecule has 1 N–H and O–H groups in total. The minimum Gasteiger partial charge on any atom is -0.385 e. The highest BCUT2D eigenvalue weighted by Crippen LogP contribution is 2.14. The van der Waals surface area contributed by atoms with Gasteiger partial charge in [0.2, 0.25) is 5.89 Å². The molecule has 8 heteroatoms. The van der Waals surface area contributed by atoms with Crippen molar-refractivity contribution in [3.05, 3.63) is 11.7 Å². The van der Waals surface area contributed by atoms with Crippen LogP contribution in [0, 0.1) is 6.92 Å². The second-order valence-corrected chi connectivity index (χ2v) is 6.12. The van der Waals surface area contributed by atoms with Gasteiger partial charge in [-0.05, 0) is 33.1 Å². The van der Waals surface area contributed by atoms with Crippen LogP contribution in [0.1, 0.15) is 37.9 Å². The molecule has 2 rings (SSSR count). The van der Waals surface area contributed by atoms with Crippen molar-refractivity contribution in [1.29, 1.82) is 0 Å². The zero-order chi connectivity index (χ0) is 17.9. The Balaban J connectivity index is 1.75. The van der Waals surface area contributed by atoms with Crippen LogP contribution in [0.25, 0.3) is 0 Å². The number of rotatable bonds is 9. The largest absolute Gasteiger partial charge is 0.385 e. The zero-order valence-corrected chi connectivity index (χ0v) is 15.7. The third-order valence-corrected chi connectivity index (χ3v) is 4.08. The lowest BCUT2D eigenvalue weighted by Gasteiger charge is -2.34. The van der Waals surface area contributed by atoms with Gasteiger partial charge in [0.05, 0.1) is 12.6 Å². The third kappa shape index (κ3) is 6.99. The molecule has 0 aliphatic carbocycles. The predicted octanol–water partition coefficient (Wildman–Crippen LogP) is 1.40. The molecule has 0 bridgehead atoms. The van der Waals surface area contributed by atoms with E-state index in [1.165, 1.54) is 0 Å². The molecule has 0 amide bonds. The molecule has 1 aliphatic heterocycles. The Kier molecular flexibility index (Phi) is 8.68. The zero-order valence-electron chi connectivity index (χ0n) is 15.7. The van der Waals surface area contributed by atoms with Gasteiger partial charge in [-0.2, -0.15) is 4.98 Å². The van der Waals surface area contributed by atoms with Crippen molar-refractivity contribution in [2.45, 2.75) is 45.6 Å². The van der Waals surface area contributed by atoms with Crippen molar-refractivity contribution in [2.24, 2.45) is 4.99 Å². The van der Waals surface area contributed by atoms with Gasteiger partial charge in [-0.3, -0.25) is 4.99 Å². The highest BCUT2D eigenvalue weighted by atomic mass is 16.5. The maximum absolute atomic E-state index is 5.92. The van der Waals surface area contributed by atoms with E-state index in [1.54, 1.807) is 7.11 Å². The molecule has 0 atom stereocenters. The van der Waals surface area contributed by atoms with E-state index in [0.29, 0.717) is 30.8 Å². The lowest BCUT2D eigenvalue weighted by atomic mass is 10.1. The van der Waals surface area contributed by atoms with Gasteiger partial charge in [0.1, 0.15) is 0 Å². The molecule has 0 spiro atoms. The normalized spacial score (nSPS) is 16.4. The molecular formula is C17H31N5O3. The monoisotopic (exact) mass is 353 g/mol. The Bertz CT molecular complexity index is 512. The molecule has 1 aliphatic rings. The van der Waals surface area contributed by atoms with E-state index >= 15 is 0 Å². The second-order valence-electron chi connectivity index (χ2n) is 6.12. The van der Waals surface area contributed by atoms with Crippen LogP contribution in [0.15, 0.2) is 9.52 Å². The predicted molar refractivity (Wildman–Crippen MR) is 95.8 cm³/mol. The van der Waals surface area contributed by atoms with Crippen LogP contribution in [-0.2, 0) is 15.9 Å². The van der Waals surface area contributed by atoms with Crippen molar-refractivity contribution in [2.75, 3.05) is 46.5 Å². The minimum atomic E-state index is 0.345. The van der Waals surface area contributed by atoms with Gasteiger partial charge < -0.3 is 24.2 Å². The lowest BCUT2D eigenvalue weighted by Crippen LogP contribution is -2.47. The van der Waals surface area contributed by atoms with E-state index in [1.807, 2.05) is 6.92 Å². The first-order valence-electron chi connectivity index (χ1n) is 9.16. The molecule has 1 saturated heterocycles. The number of aryl methyl sites for hydroxylation is 1. The van der Waals surface area contributed by atoms with E-state index < -0.39 is 0 Å². The van der Waals surface area contributed by atoms with Gasteiger partial charge in [-0.15, -0.1) is 0 Å². The number of nitrogens with zero attached hydrogens (tertiary/aromatic N) is 4. The van der Waals surface area contributed by atoms with Crippen LogP contribution < -0.4 is 5.32 Å². The summed E-state index contributed by atoms with van der Waals surface area (Å²) in [4.78, 5) is 11.2. The van der Waals surface area contributed by atoms with Gasteiger partial charge in [0, 0.05) is 46.4 Å². The fraction of sp³-hybridized carbons (Fsp3) is 0.824. The Morgan fingerprint density at radius 2 is 2.16 bits per heavy atom. The maximum atomic E-state index is 5.92. The number of hydrogen-bond donors (Lipinski definition) is 1. The van der Waals surface area contributed by atoms with Gasteiger partial charge >= 0.3 is 0 Å². The van der Waals surface area contributed by atoms with Crippen LogP contribution in [0.2, 0.25) is 0 Å². The van der Waals surface area contributed by atoms with Crippen LogP contribution in [-0.4, -0.2) is 73.6 Å². The fourth-order valence-electron chi connectivity index (χ4n) is 2.81. The highest BCUT2D eigenvalue weighted by Gasteiger charge is 2.21. The van der Waals surface area contributed by atoms with E-state index in [-0.39, 0.29) is 0 Å². The van der Waals surface area contributed by atoms with Gasteiger partial charge in [-0.25, -0.2) is 0 Å². The number of aromatic nitrogens is 2. The minimum absolute atomic E-state index is 0.345. The number of guanidine groups is 1. The summed E-state index contributed by atoms with van der Waals surface area (Å²) in [6.45, 7) is 8.85. The number of nitrogens with one attached hydrogen (secondary N) is 1. The summed E-state index contributed by atoms with van der Waals surface area (Å²) in [6, 6.07) is 0. The van der Waals surface area contributed by atoms with Crippen molar-refractivity contribution < 1.29 is 14.0 Å². The van der Waals surface area contributed by atoms with Crippen molar-refractivity contribution in [3.8, 4) is 0 Å². The summed E-state index contributed by atoms with van der Waals surface area (Å²) in [5.74, 6) is 2.26. The molecule has 0 saturated carbocycles. The number of ether oxygens (including phenoxy) is 2. The standard InChI is InChI=1S/C17H31N5O3/c1-4-18-17(19-9-6-16-20-14(2)21-25-16)22-10-7-15(8-11-22)24-13-5-12-23-3/h15H,4-13H2,1-3H3,(H,18,19). The topological polar surface area (TPSA) is 85.0 Å². The van der Waals surface area contributed by atoms with Gasteiger partial charge in [-0.1, -0.05) is 5.16 Å². The van der Waals surface area contributed by atoms with Crippen LogP contribution in [0.4, 0.5) is 0 Å². The number of likely N-dealkylation sites (tertiary alicyclic amines) is 1. The van der Waals surface area contributed by atoms with Crippen LogP contribution >= 0.6 is 0 Å². The summed E-state index contributed by atoms with van der Waals surface area (Å²) in [5.41, 5.74) is 0. The smallest absolute Gasteiger partial charge is 0.228 e. The first-order chi connectivity index (χ1) is 12.2. The first-order valence-corrected chi connectivity index (χ1v) is 9.16. The average Bonchev–Trinajstić information content (AvgIpc) is 3.04. The van der Waals surface area contributed by atoms with E-state index in [4.69, 9.17) is 19.0 Å². The summed E-state index contributed by atoms with van der Waals surface area (Å²) in [6.07, 6.45) is 4.02. The van der Waals surface area contributed by atoms with Crippen LogP contribution in [0.3, 0.4) is 0 Å². The van der Waals surface area contributed by atoms with E-state index in [9.17, 15) is 0 Å². The fourth-order valence-corrected chi connectivity index (χ4v) is 2.81. The molecule has 2 heterocycles. The summed E-state index contributed by atoms with van der Waals surface area (Å²) < 4.78 is 16.1. The van der Waals surface area contributed by atoms with E-state index in [0.717, 1.165) is 58.1 Å². The molecule has 25 heavy (non-hydrogen) atoms. The first kappa shape index (κ1) is 19.7. The number of methoxy groups -OCH3 is 1. The lowest BCUT2D eigenvalue weighted by molar-refractivity contribution is 0.00991. The van der Waals surface area contributed by atoms with E-state index in [2.05, 4.69) is 27.3 Å². The summed E-state index contributed by atoms with van der Waals surface area (Å²) in [7, 11) is 1.72. The average molecular weight is 353 g/mol. The Hall–Kier alpha value is -1.67. The molecule has 1 fully saturated rings. The van der Waals surface area contributed by atoms with Gasteiger partial charge in [0.25, 0.3) is 0 Å². The quantitative estimate of drug-likeness (QED) is 0.408. The molecule has 0 unspecified atom stereocenters. The number of hydrogen-bond acceptors (Lipinski definition) is 6. The Morgan fingerprint density at radius 3 is 2.80 bits per heavy atom. The number of piperidine rings is 1. The SMILES string of the molecule is CCNC(=NCCc1nc(C)no1)N1CCC(OCCCOC)CC1. The maximum Gasteiger partial charge on any atom is 0.228 e. The molecule has 0 radical (unpaired) electrons. The highest BCUT2D eigenvalue weighted by molar-refractivity contribution is 5.80. The summed E-state index contributed by atoms with van der Waals surface area (Å²) in [5, 5.41) is 7.17. The van der Waals surface area contributed by atoms with Crippen molar-refractivity contribution >= 4 is 5.96 Å². The summed E-state index contributed by atoms with van der Waals surface area (Å²) >= 11 is 0. The molecule has 0 aromatic carbocycles. The third-order valence-electron chi connectivity index (χ3n) is 4.08. The Labute approximate surface area is 150 Å². The number of aliphatic imine (C=N–C) groups is 1. The molecule has 8 nitrogen and oxygen atoms in total. The molecule has 1 aromatic heterocycles. The van der Waals surface area contributed by atoms with Gasteiger partial charge in [0.15, 0.2) is 11.8 Å². The van der Waals surface area contributed by atoms with Crippen molar-refractivity contribution in [3.63, 3.8) is 0 Å². The second kappa shape index (κ2) is 11.0. The molecule has 142 valence electrons.